The fourth-order valence-electron chi connectivity index (χ4n) is 3.81. The first-order valence-corrected chi connectivity index (χ1v) is 8.80. The van der Waals surface area contributed by atoms with Gasteiger partial charge in [-0.05, 0) is 39.0 Å². The third kappa shape index (κ3) is 2.82. The van der Waals surface area contributed by atoms with Gasteiger partial charge in [-0.2, -0.15) is 5.10 Å². The molecule has 1 aromatic heterocycles. The second-order valence-electron chi connectivity index (χ2n) is 7.45. The van der Waals surface area contributed by atoms with E-state index in [0.717, 1.165) is 24.3 Å². The first kappa shape index (κ1) is 18.5. The quantitative estimate of drug-likeness (QED) is 0.869. The summed E-state index contributed by atoms with van der Waals surface area (Å²) < 4.78 is 1.86. The molecule has 0 aliphatic heterocycles. The number of carbonyl (C=O) groups excluding carboxylic acids is 2. The molecule has 0 radical (unpaired) electrons. The van der Waals surface area contributed by atoms with Gasteiger partial charge in [0.25, 0.3) is 0 Å². The van der Waals surface area contributed by atoms with E-state index in [1.807, 2.05) is 46.2 Å². The van der Waals surface area contributed by atoms with Crippen LogP contribution in [0.4, 0.5) is 5.69 Å². The highest BCUT2D eigenvalue weighted by atomic mass is 16.2. The molecule has 0 spiro atoms. The monoisotopic (exact) mass is 334 g/mol. The van der Waals surface area contributed by atoms with Gasteiger partial charge in [-0.15, -0.1) is 0 Å². The maximum Gasteiger partial charge on any atom is 0.230 e. The van der Waals surface area contributed by atoms with Gasteiger partial charge in [-0.3, -0.25) is 14.3 Å². The average molecular weight is 334 g/mol. The van der Waals surface area contributed by atoms with Crippen LogP contribution in [0, 0.1) is 23.7 Å². The van der Waals surface area contributed by atoms with Crippen LogP contribution in [0.25, 0.3) is 0 Å². The summed E-state index contributed by atoms with van der Waals surface area (Å²) in [5.74, 6) is -0.125. The van der Waals surface area contributed by atoms with E-state index >= 15 is 0 Å². The van der Waals surface area contributed by atoms with E-state index in [0.29, 0.717) is 13.0 Å². The van der Waals surface area contributed by atoms with E-state index in [2.05, 4.69) is 15.7 Å². The maximum atomic E-state index is 13.0. The summed E-state index contributed by atoms with van der Waals surface area (Å²) in [6, 6.07) is 0. The van der Waals surface area contributed by atoms with Gasteiger partial charge < -0.3 is 10.6 Å². The van der Waals surface area contributed by atoms with Crippen molar-refractivity contribution >= 4 is 17.5 Å². The number of aromatic nitrogens is 2. The SMILES string of the molecule is CCNC(=O)[C@H]1CC[C@@](C)(C(=O)Nc2cnn(CC)c2C)C1(C)C. The third-order valence-electron chi connectivity index (χ3n) is 6.05. The Balaban J connectivity index is 2.21. The molecule has 0 unspecified atom stereocenters. The van der Waals surface area contributed by atoms with E-state index in [1.54, 1.807) is 6.20 Å². The normalized spacial score (nSPS) is 25.5. The fourth-order valence-corrected chi connectivity index (χ4v) is 3.81. The van der Waals surface area contributed by atoms with Crippen LogP contribution in [-0.2, 0) is 16.1 Å². The number of carbonyl (C=O) groups is 2. The van der Waals surface area contributed by atoms with Crippen molar-refractivity contribution in [2.45, 2.75) is 60.9 Å². The molecule has 2 rings (SSSR count). The Hall–Kier alpha value is -1.85. The molecule has 24 heavy (non-hydrogen) atoms. The van der Waals surface area contributed by atoms with Gasteiger partial charge in [0.05, 0.1) is 23.0 Å². The average Bonchev–Trinajstić information content (AvgIpc) is 2.98. The van der Waals surface area contributed by atoms with Crippen molar-refractivity contribution < 1.29 is 9.59 Å². The number of nitrogens with zero attached hydrogens (tertiary/aromatic N) is 2. The molecule has 1 aliphatic rings. The molecular formula is C18H30N4O2. The van der Waals surface area contributed by atoms with E-state index in [4.69, 9.17) is 0 Å². The molecule has 1 aliphatic carbocycles. The van der Waals surface area contributed by atoms with E-state index in [-0.39, 0.29) is 17.7 Å². The summed E-state index contributed by atoms with van der Waals surface area (Å²) in [5, 5.41) is 10.2. The van der Waals surface area contributed by atoms with Crippen LogP contribution >= 0.6 is 0 Å². The highest BCUT2D eigenvalue weighted by molar-refractivity contribution is 5.97. The minimum absolute atomic E-state index is 0.0296. The van der Waals surface area contributed by atoms with Gasteiger partial charge in [-0.1, -0.05) is 20.8 Å². The lowest BCUT2D eigenvalue weighted by Crippen LogP contribution is -2.47. The van der Waals surface area contributed by atoms with Crippen molar-refractivity contribution in [2.24, 2.45) is 16.7 Å². The molecule has 2 N–H and O–H groups in total. The maximum absolute atomic E-state index is 13.0. The smallest absolute Gasteiger partial charge is 0.230 e. The number of rotatable bonds is 5. The molecule has 1 heterocycles. The zero-order valence-electron chi connectivity index (χ0n) is 15.7. The van der Waals surface area contributed by atoms with Gasteiger partial charge in [0, 0.05) is 19.0 Å². The van der Waals surface area contributed by atoms with Gasteiger partial charge in [0.2, 0.25) is 11.8 Å². The van der Waals surface area contributed by atoms with Crippen LogP contribution in [0.5, 0.6) is 0 Å². The molecular weight excluding hydrogens is 304 g/mol. The second-order valence-corrected chi connectivity index (χ2v) is 7.45. The Morgan fingerprint density at radius 1 is 1.33 bits per heavy atom. The zero-order chi connectivity index (χ0) is 18.1. The Morgan fingerprint density at radius 2 is 2.00 bits per heavy atom. The van der Waals surface area contributed by atoms with Crippen LogP contribution in [0.15, 0.2) is 6.20 Å². The Morgan fingerprint density at radius 3 is 2.54 bits per heavy atom. The Bertz CT molecular complexity index is 635. The van der Waals surface area contributed by atoms with Crippen LogP contribution in [0.1, 0.15) is 53.2 Å². The second kappa shape index (κ2) is 6.57. The van der Waals surface area contributed by atoms with Gasteiger partial charge in [0.15, 0.2) is 0 Å². The first-order chi connectivity index (χ1) is 11.2. The lowest BCUT2D eigenvalue weighted by atomic mass is 9.65. The number of aryl methyl sites for hydroxylation is 1. The van der Waals surface area contributed by atoms with E-state index in [1.165, 1.54) is 0 Å². The topological polar surface area (TPSA) is 76.0 Å². The fraction of sp³-hybridized carbons (Fsp3) is 0.722. The minimum Gasteiger partial charge on any atom is -0.356 e. The number of amides is 2. The molecule has 0 saturated heterocycles. The first-order valence-electron chi connectivity index (χ1n) is 8.80. The van der Waals surface area contributed by atoms with Crippen LogP contribution in [-0.4, -0.2) is 28.1 Å². The molecule has 1 aromatic rings. The van der Waals surface area contributed by atoms with Crippen molar-refractivity contribution in [1.29, 1.82) is 0 Å². The molecule has 0 aromatic carbocycles. The molecule has 6 nitrogen and oxygen atoms in total. The van der Waals surface area contributed by atoms with Gasteiger partial charge in [0.1, 0.15) is 0 Å². The summed E-state index contributed by atoms with van der Waals surface area (Å²) in [7, 11) is 0. The third-order valence-corrected chi connectivity index (χ3v) is 6.05. The van der Waals surface area contributed by atoms with Crippen molar-refractivity contribution in [2.75, 3.05) is 11.9 Å². The predicted octanol–water partition coefficient (Wildman–Crippen LogP) is 2.73. The number of hydrogen-bond donors (Lipinski definition) is 2. The summed E-state index contributed by atoms with van der Waals surface area (Å²) in [5.41, 5.74) is 0.694. The van der Waals surface area contributed by atoms with Crippen LogP contribution < -0.4 is 10.6 Å². The lowest BCUT2D eigenvalue weighted by molar-refractivity contribution is -0.135. The zero-order valence-corrected chi connectivity index (χ0v) is 15.7. The molecule has 2 amide bonds. The number of hydrogen-bond acceptors (Lipinski definition) is 3. The van der Waals surface area contributed by atoms with Crippen molar-refractivity contribution in [1.82, 2.24) is 15.1 Å². The highest BCUT2D eigenvalue weighted by Gasteiger charge is 2.57. The Labute approximate surface area is 144 Å². The predicted molar refractivity (Wildman–Crippen MR) is 94.6 cm³/mol. The molecule has 134 valence electrons. The standard InChI is InChI=1S/C18H30N4O2/c1-7-19-15(23)13-9-10-18(6,17(13,4)5)16(24)21-14-11-20-22(8-2)12(14)3/h11,13H,7-10H2,1-6H3,(H,19,23)(H,21,24)/t13-,18+/m1/s1. The summed E-state index contributed by atoms with van der Waals surface area (Å²) in [6.45, 7) is 13.3. The number of nitrogens with one attached hydrogen (secondary N) is 2. The Kier molecular flexibility index (Phi) is 5.06. The van der Waals surface area contributed by atoms with Crippen molar-refractivity contribution in [3.8, 4) is 0 Å². The summed E-state index contributed by atoms with van der Waals surface area (Å²) in [6.07, 6.45) is 3.13. The molecule has 1 saturated carbocycles. The minimum atomic E-state index is -0.594. The van der Waals surface area contributed by atoms with Crippen LogP contribution in [0.2, 0.25) is 0 Å². The van der Waals surface area contributed by atoms with Crippen LogP contribution in [0.3, 0.4) is 0 Å². The van der Waals surface area contributed by atoms with E-state index in [9.17, 15) is 9.59 Å². The van der Waals surface area contributed by atoms with Crippen molar-refractivity contribution in [3.05, 3.63) is 11.9 Å². The molecule has 1 fully saturated rings. The largest absolute Gasteiger partial charge is 0.356 e. The lowest BCUT2D eigenvalue weighted by Gasteiger charge is -2.39. The van der Waals surface area contributed by atoms with E-state index < -0.39 is 10.8 Å². The van der Waals surface area contributed by atoms with Gasteiger partial charge >= 0.3 is 0 Å². The molecule has 6 heteroatoms. The van der Waals surface area contributed by atoms with Crippen molar-refractivity contribution in [3.63, 3.8) is 0 Å². The summed E-state index contributed by atoms with van der Waals surface area (Å²) >= 11 is 0. The van der Waals surface area contributed by atoms with Gasteiger partial charge in [-0.25, -0.2) is 0 Å². The number of anilines is 1. The molecule has 2 atom stereocenters. The summed E-state index contributed by atoms with van der Waals surface area (Å²) in [4.78, 5) is 25.4. The highest BCUT2D eigenvalue weighted by Crippen LogP contribution is 2.56. The molecule has 0 bridgehead atoms.